The van der Waals surface area contributed by atoms with Crippen molar-refractivity contribution in [3.8, 4) is 0 Å². The first-order chi connectivity index (χ1) is 10.2. The fourth-order valence-corrected chi connectivity index (χ4v) is 3.70. The number of piperazine rings is 1. The maximum atomic E-state index is 11.8. The fourth-order valence-electron chi connectivity index (χ4n) is 3.38. The Morgan fingerprint density at radius 1 is 1.38 bits per heavy atom. The number of hydrogen-bond acceptors (Lipinski definition) is 3. The number of hydrogen-bond donors (Lipinski definition) is 1. The van der Waals surface area contributed by atoms with Crippen LogP contribution >= 0.6 is 11.6 Å². The molecule has 2 heterocycles. The standard InChI is InChI=1S/C16H22ClN3O/c1-2-18-10-12-4-3-5-14(17)16(12)19-8-9-20-13(11-19)6-7-15(20)21/h3-5,13,18H,2,6-11H2,1H3. The molecule has 4 nitrogen and oxygen atoms in total. The minimum Gasteiger partial charge on any atom is -0.366 e. The Bertz CT molecular complexity index is 534. The highest BCUT2D eigenvalue weighted by Gasteiger charge is 2.36. The van der Waals surface area contributed by atoms with Gasteiger partial charge < -0.3 is 15.1 Å². The number of fused-ring (bicyclic) bond motifs is 1. The van der Waals surface area contributed by atoms with Crippen molar-refractivity contribution < 1.29 is 4.79 Å². The van der Waals surface area contributed by atoms with E-state index in [4.69, 9.17) is 11.6 Å². The van der Waals surface area contributed by atoms with Crippen LogP contribution < -0.4 is 10.2 Å². The second kappa shape index (κ2) is 6.24. The molecule has 2 saturated heterocycles. The van der Waals surface area contributed by atoms with E-state index in [1.54, 1.807) is 0 Å². The Hall–Kier alpha value is -1.26. The molecule has 1 aromatic rings. The molecule has 0 saturated carbocycles. The van der Waals surface area contributed by atoms with Crippen molar-refractivity contribution >= 4 is 23.2 Å². The van der Waals surface area contributed by atoms with Crippen molar-refractivity contribution in [3.63, 3.8) is 0 Å². The Kier molecular flexibility index (Phi) is 4.36. The molecule has 0 spiro atoms. The molecule has 21 heavy (non-hydrogen) atoms. The quantitative estimate of drug-likeness (QED) is 0.927. The van der Waals surface area contributed by atoms with Crippen LogP contribution in [0.1, 0.15) is 25.3 Å². The summed E-state index contributed by atoms with van der Waals surface area (Å²) in [5.74, 6) is 0.312. The SMILES string of the molecule is CCNCc1cccc(Cl)c1N1CCN2C(=O)CCC2C1. The Labute approximate surface area is 131 Å². The van der Waals surface area contributed by atoms with Crippen LogP contribution in [0.15, 0.2) is 18.2 Å². The summed E-state index contributed by atoms with van der Waals surface area (Å²) in [5.41, 5.74) is 2.38. The van der Waals surface area contributed by atoms with Crippen LogP contribution in [0.3, 0.4) is 0 Å². The van der Waals surface area contributed by atoms with Crippen molar-refractivity contribution in [2.45, 2.75) is 32.4 Å². The van der Waals surface area contributed by atoms with Crippen molar-refractivity contribution in [1.29, 1.82) is 0 Å². The van der Waals surface area contributed by atoms with Gasteiger partial charge in [0.05, 0.1) is 10.7 Å². The molecule has 1 atom stereocenters. The number of anilines is 1. The Balaban J connectivity index is 1.82. The molecular weight excluding hydrogens is 286 g/mol. The molecule has 2 fully saturated rings. The molecule has 0 radical (unpaired) electrons. The van der Waals surface area contributed by atoms with Gasteiger partial charge in [-0.05, 0) is 24.6 Å². The molecule has 114 valence electrons. The Morgan fingerprint density at radius 3 is 3.05 bits per heavy atom. The zero-order chi connectivity index (χ0) is 14.8. The lowest BCUT2D eigenvalue weighted by Crippen LogP contribution is -2.51. The van der Waals surface area contributed by atoms with Crippen LogP contribution in [0, 0.1) is 0 Å². The summed E-state index contributed by atoms with van der Waals surface area (Å²) in [5, 5.41) is 4.18. The number of carbonyl (C=O) groups is 1. The van der Waals surface area contributed by atoms with Crippen LogP contribution in [-0.4, -0.2) is 43.0 Å². The van der Waals surface area contributed by atoms with Gasteiger partial charge in [-0.3, -0.25) is 4.79 Å². The number of halogens is 1. The van der Waals surface area contributed by atoms with E-state index < -0.39 is 0 Å². The third-order valence-electron chi connectivity index (χ3n) is 4.45. The van der Waals surface area contributed by atoms with E-state index in [-0.39, 0.29) is 0 Å². The number of amides is 1. The predicted octanol–water partition coefficient (Wildman–Crippen LogP) is 2.26. The number of nitrogens with one attached hydrogen (secondary N) is 1. The molecule has 0 aliphatic carbocycles. The summed E-state index contributed by atoms with van der Waals surface area (Å²) in [6.45, 7) is 6.45. The van der Waals surface area contributed by atoms with Crippen LogP contribution in [-0.2, 0) is 11.3 Å². The van der Waals surface area contributed by atoms with E-state index in [0.29, 0.717) is 18.4 Å². The average molecular weight is 308 g/mol. The van der Waals surface area contributed by atoms with Gasteiger partial charge in [0.1, 0.15) is 0 Å². The first-order valence-corrected chi connectivity index (χ1v) is 8.11. The highest BCUT2D eigenvalue weighted by molar-refractivity contribution is 6.33. The number of rotatable bonds is 4. The van der Waals surface area contributed by atoms with Gasteiger partial charge in [-0.25, -0.2) is 0 Å². The van der Waals surface area contributed by atoms with Crippen LogP contribution in [0.4, 0.5) is 5.69 Å². The number of benzene rings is 1. The van der Waals surface area contributed by atoms with Crippen molar-refractivity contribution in [1.82, 2.24) is 10.2 Å². The summed E-state index contributed by atoms with van der Waals surface area (Å²) in [7, 11) is 0. The highest BCUT2D eigenvalue weighted by atomic mass is 35.5. The third kappa shape index (κ3) is 2.87. The first kappa shape index (κ1) is 14.7. The van der Waals surface area contributed by atoms with Gasteiger partial charge >= 0.3 is 0 Å². The molecule has 1 unspecified atom stereocenters. The largest absolute Gasteiger partial charge is 0.366 e. The first-order valence-electron chi connectivity index (χ1n) is 7.73. The monoisotopic (exact) mass is 307 g/mol. The lowest BCUT2D eigenvalue weighted by molar-refractivity contribution is -0.129. The highest BCUT2D eigenvalue weighted by Crippen LogP contribution is 2.33. The van der Waals surface area contributed by atoms with E-state index in [9.17, 15) is 4.79 Å². The maximum absolute atomic E-state index is 11.8. The van der Waals surface area contributed by atoms with Crippen LogP contribution in [0.25, 0.3) is 0 Å². The number of carbonyl (C=O) groups excluding carboxylic acids is 1. The molecule has 2 aliphatic heterocycles. The van der Waals surface area contributed by atoms with E-state index >= 15 is 0 Å². The van der Waals surface area contributed by atoms with Gasteiger partial charge in [-0.2, -0.15) is 0 Å². The molecule has 2 aliphatic rings. The van der Waals surface area contributed by atoms with E-state index in [2.05, 4.69) is 23.2 Å². The van der Waals surface area contributed by atoms with Crippen LogP contribution in [0.5, 0.6) is 0 Å². The molecule has 1 N–H and O–H groups in total. The van der Waals surface area contributed by atoms with Gasteiger partial charge in [0.2, 0.25) is 5.91 Å². The summed E-state index contributed by atoms with van der Waals surface area (Å²) >= 11 is 6.46. The van der Waals surface area contributed by atoms with Gasteiger partial charge in [-0.1, -0.05) is 30.7 Å². The molecule has 3 rings (SSSR count). The topological polar surface area (TPSA) is 35.6 Å². The van der Waals surface area contributed by atoms with Crippen LogP contribution in [0.2, 0.25) is 5.02 Å². The number of nitrogens with zero attached hydrogens (tertiary/aromatic N) is 2. The fraction of sp³-hybridized carbons (Fsp3) is 0.562. The van der Waals surface area contributed by atoms with Gasteiger partial charge in [0, 0.05) is 38.6 Å². The molecule has 5 heteroatoms. The molecule has 1 aromatic carbocycles. The summed E-state index contributed by atoms with van der Waals surface area (Å²) in [4.78, 5) is 16.2. The van der Waals surface area contributed by atoms with Crippen molar-refractivity contribution in [3.05, 3.63) is 28.8 Å². The second-order valence-corrected chi connectivity index (χ2v) is 6.16. The maximum Gasteiger partial charge on any atom is 0.223 e. The van der Waals surface area contributed by atoms with Crippen molar-refractivity contribution in [2.75, 3.05) is 31.1 Å². The lowest BCUT2D eigenvalue weighted by atomic mass is 10.1. The predicted molar refractivity (Wildman–Crippen MR) is 85.8 cm³/mol. The van der Waals surface area contributed by atoms with E-state index in [0.717, 1.165) is 49.9 Å². The smallest absolute Gasteiger partial charge is 0.223 e. The van der Waals surface area contributed by atoms with Gasteiger partial charge in [-0.15, -0.1) is 0 Å². The second-order valence-electron chi connectivity index (χ2n) is 5.75. The summed E-state index contributed by atoms with van der Waals surface area (Å²) in [6, 6.07) is 6.46. The Morgan fingerprint density at radius 2 is 2.24 bits per heavy atom. The zero-order valence-corrected chi connectivity index (χ0v) is 13.2. The lowest BCUT2D eigenvalue weighted by Gasteiger charge is -2.40. The minimum atomic E-state index is 0.312. The average Bonchev–Trinajstić information content (AvgIpc) is 2.86. The summed E-state index contributed by atoms with van der Waals surface area (Å²) < 4.78 is 0. The van der Waals surface area contributed by atoms with E-state index in [1.165, 1.54) is 5.56 Å². The molecular formula is C16H22ClN3O. The number of para-hydroxylation sites is 1. The van der Waals surface area contributed by atoms with E-state index in [1.807, 2.05) is 17.0 Å². The van der Waals surface area contributed by atoms with Gasteiger partial charge in [0.25, 0.3) is 0 Å². The normalized spacial score (nSPS) is 21.8. The van der Waals surface area contributed by atoms with Crippen molar-refractivity contribution in [2.24, 2.45) is 0 Å². The summed E-state index contributed by atoms with van der Waals surface area (Å²) in [6.07, 6.45) is 1.67. The molecule has 1 amide bonds. The zero-order valence-electron chi connectivity index (χ0n) is 12.4. The molecule has 0 bridgehead atoms. The minimum absolute atomic E-state index is 0.312. The molecule has 0 aromatic heterocycles. The third-order valence-corrected chi connectivity index (χ3v) is 4.75. The van der Waals surface area contributed by atoms with Gasteiger partial charge in [0.15, 0.2) is 0 Å².